The number of fused-ring (bicyclic) bond motifs is 1. The number of hydrogen-bond donors (Lipinski definition) is 1. The molecule has 4 rings (SSSR count). The fraction of sp³-hybridized carbons (Fsp3) is 0.375. The van der Waals surface area contributed by atoms with Crippen molar-refractivity contribution < 1.29 is 14.4 Å². The molecule has 0 saturated carbocycles. The fourth-order valence-electron chi connectivity index (χ4n) is 4.09. The van der Waals surface area contributed by atoms with E-state index in [0.29, 0.717) is 12.1 Å². The van der Waals surface area contributed by atoms with Crippen molar-refractivity contribution in [3.05, 3.63) is 70.8 Å². The first-order valence-electron chi connectivity index (χ1n) is 10.6. The van der Waals surface area contributed by atoms with E-state index in [0.717, 1.165) is 17.7 Å². The van der Waals surface area contributed by atoms with Crippen LogP contribution in [-0.2, 0) is 29.1 Å². The lowest BCUT2D eigenvalue weighted by molar-refractivity contribution is -0.129. The number of benzene rings is 2. The molecule has 0 aliphatic carbocycles. The van der Waals surface area contributed by atoms with Crippen LogP contribution in [0.3, 0.4) is 0 Å². The van der Waals surface area contributed by atoms with Gasteiger partial charge < -0.3 is 5.32 Å². The van der Waals surface area contributed by atoms with Gasteiger partial charge in [0.1, 0.15) is 0 Å². The maximum atomic E-state index is 12.5. The molecule has 1 N–H and O–H groups in total. The zero-order valence-corrected chi connectivity index (χ0v) is 17.1. The molecule has 156 valence electrons. The number of carbonyl (C=O) groups is 3. The first-order valence-corrected chi connectivity index (χ1v) is 10.6. The normalized spacial score (nSPS) is 16.6. The topological polar surface area (TPSA) is 69.7 Å². The van der Waals surface area contributed by atoms with Crippen molar-refractivity contribution in [2.75, 3.05) is 19.6 Å². The SMILES string of the molecule is O=C(CCN1C(=O)Cc2ccccc2C1=O)NCc1ccc(CN2CCCC2)cc1. The summed E-state index contributed by atoms with van der Waals surface area (Å²) in [5.41, 5.74) is 3.62. The zero-order chi connectivity index (χ0) is 20.9. The number of likely N-dealkylation sites (tertiary alicyclic amines) is 1. The van der Waals surface area contributed by atoms with E-state index >= 15 is 0 Å². The number of amides is 3. The van der Waals surface area contributed by atoms with Gasteiger partial charge >= 0.3 is 0 Å². The summed E-state index contributed by atoms with van der Waals surface area (Å²) in [5.74, 6) is -0.737. The lowest BCUT2D eigenvalue weighted by atomic mass is 9.98. The maximum absolute atomic E-state index is 12.5. The van der Waals surface area contributed by atoms with Gasteiger partial charge in [-0.3, -0.25) is 24.2 Å². The molecule has 0 spiro atoms. The summed E-state index contributed by atoms with van der Waals surface area (Å²) in [6.07, 6.45) is 2.87. The molecular weight excluding hydrogens is 378 g/mol. The first kappa shape index (κ1) is 20.3. The van der Waals surface area contributed by atoms with Crippen molar-refractivity contribution in [2.24, 2.45) is 0 Å². The Morgan fingerprint density at radius 1 is 0.933 bits per heavy atom. The average molecular weight is 405 g/mol. The Morgan fingerprint density at radius 2 is 1.63 bits per heavy atom. The lowest BCUT2D eigenvalue weighted by Crippen LogP contribution is -2.44. The molecule has 30 heavy (non-hydrogen) atoms. The molecule has 2 heterocycles. The van der Waals surface area contributed by atoms with Crippen LogP contribution in [0.15, 0.2) is 48.5 Å². The summed E-state index contributed by atoms with van der Waals surface area (Å²) in [5, 5.41) is 2.88. The third-order valence-corrected chi connectivity index (χ3v) is 5.82. The van der Waals surface area contributed by atoms with Crippen molar-refractivity contribution in [3.63, 3.8) is 0 Å². The number of hydrogen-bond acceptors (Lipinski definition) is 4. The van der Waals surface area contributed by atoms with E-state index in [4.69, 9.17) is 0 Å². The van der Waals surface area contributed by atoms with E-state index in [1.807, 2.05) is 18.2 Å². The quantitative estimate of drug-likeness (QED) is 0.719. The Kier molecular flexibility index (Phi) is 6.23. The monoisotopic (exact) mass is 405 g/mol. The summed E-state index contributed by atoms with van der Waals surface area (Å²) >= 11 is 0. The summed E-state index contributed by atoms with van der Waals surface area (Å²) < 4.78 is 0. The number of nitrogens with zero attached hydrogens (tertiary/aromatic N) is 2. The molecule has 2 aliphatic rings. The molecule has 0 aromatic heterocycles. The largest absolute Gasteiger partial charge is 0.352 e. The van der Waals surface area contributed by atoms with Gasteiger partial charge in [-0.25, -0.2) is 0 Å². The van der Waals surface area contributed by atoms with Gasteiger partial charge in [-0.2, -0.15) is 0 Å². The molecule has 2 aromatic rings. The number of carbonyl (C=O) groups excluding carboxylic acids is 3. The second kappa shape index (κ2) is 9.22. The maximum Gasteiger partial charge on any atom is 0.260 e. The van der Waals surface area contributed by atoms with Crippen LogP contribution < -0.4 is 5.32 Å². The molecule has 0 bridgehead atoms. The molecule has 2 aliphatic heterocycles. The number of nitrogens with one attached hydrogen (secondary N) is 1. The molecule has 3 amide bonds. The van der Waals surface area contributed by atoms with E-state index < -0.39 is 0 Å². The zero-order valence-electron chi connectivity index (χ0n) is 17.1. The van der Waals surface area contributed by atoms with Crippen molar-refractivity contribution in [2.45, 2.75) is 38.8 Å². The van der Waals surface area contributed by atoms with Gasteiger partial charge in [0.2, 0.25) is 11.8 Å². The van der Waals surface area contributed by atoms with Crippen LogP contribution in [0, 0.1) is 0 Å². The molecule has 6 heteroatoms. The third kappa shape index (κ3) is 4.76. The molecule has 0 radical (unpaired) electrons. The minimum absolute atomic E-state index is 0.104. The highest BCUT2D eigenvalue weighted by Crippen LogP contribution is 2.19. The minimum Gasteiger partial charge on any atom is -0.352 e. The van der Waals surface area contributed by atoms with Gasteiger partial charge in [-0.15, -0.1) is 0 Å². The van der Waals surface area contributed by atoms with E-state index in [1.54, 1.807) is 18.2 Å². The van der Waals surface area contributed by atoms with Gasteiger partial charge in [-0.05, 0) is 48.7 Å². The van der Waals surface area contributed by atoms with E-state index in [1.165, 1.54) is 36.4 Å². The Balaban J connectivity index is 1.24. The highest BCUT2D eigenvalue weighted by atomic mass is 16.2. The predicted octanol–water partition coefficient (Wildman–Crippen LogP) is 2.51. The summed E-state index contributed by atoms with van der Waals surface area (Å²) in [6, 6.07) is 15.4. The Morgan fingerprint density at radius 3 is 2.40 bits per heavy atom. The molecule has 6 nitrogen and oxygen atoms in total. The van der Waals surface area contributed by atoms with Crippen LogP contribution in [0.2, 0.25) is 0 Å². The van der Waals surface area contributed by atoms with Gasteiger partial charge in [0, 0.05) is 31.6 Å². The fourth-order valence-corrected chi connectivity index (χ4v) is 4.09. The Hall–Kier alpha value is -2.99. The van der Waals surface area contributed by atoms with Crippen LogP contribution in [0.1, 0.15) is 46.3 Å². The van der Waals surface area contributed by atoms with Crippen molar-refractivity contribution in [1.29, 1.82) is 0 Å². The second-order valence-corrected chi connectivity index (χ2v) is 8.01. The van der Waals surface area contributed by atoms with E-state index in [2.05, 4.69) is 22.3 Å². The van der Waals surface area contributed by atoms with Crippen molar-refractivity contribution >= 4 is 17.7 Å². The van der Waals surface area contributed by atoms with Crippen molar-refractivity contribution in [3.8, 4) is 0 Å². The minimum atomic E-state index is -0.316. The smallest absolute Gasteiger partial charge is 0.260 e. The van der Waals surface area contributed by atoms with Crippen molar-refractivity contribution in [1.82, 2.24) is 15.1 Å². The van der Waals surface area contributed by atoms with E-state index in [-0.39, 0.29) is 37.1 Å². The Labute approximate surface area is 176 Å². The van der Waals surface area contributed by atoms with Crippen LogP contribution in [0.25, 0.3) is 0 Å². The Bertz CT molecular complexity index is 933. The standard InChI is InChI=1S/C24H27N3O3/c28-22(11-14-27-23(29)15-20-5-1-2-6-21(20)24(27)30)25-16-18-7-9-19(10-8-18)17-26-12-3-4-13-26/h1-2,5-10H,3-4,11-17H2,(H,25,28). The number of imide groups is 1. The van der Waals surface area contributed by atoms with Crippen LogP contribution in [-0.4, -0.2) is 47.2 Å². The highest BCUT2D eigenvalue weighted by Gasteiger charge is 2.30. The van der Waals surface area contributed by atoms with Gasteiger partial charge in [-0.1, -0.05) is 42.5 Å². The lowest BCUT2D eigenvalue weighted by Gasteiger charge is -2.26. The summed E-state index contributed by atoms with van der Waals surface area (Å²) in [7, 11) is 0. The van der Waals surface area contributed by atoms with Crippen LogP contribution in [0.4, 0.5) is 0 Å². The molecule has 1 fully saturated rings. The predicted molar refractivity (Wildman–Crippen MR) is 114 cm³/mol. The highest BCUT2D eigenvalue weighted by molar-refractivity contribution is 6.09. The molecule has 0 atom stereocenters. The average Bonchev–Trinajstić information content (AvgIpc) is 3.26. The van der Waals surface area contributed by atoms with Gasteiger partial charge in [0.05, 0.1) is 6.42 Å². The first-order chi connectivity index (χ1) is 14.6. The molecule has 1 saturated heterocycles. The van der Waals surface area contributed by atoms with Gasteiger partial charge in [0.25, 0.3) is 5.91 Å². The molecule has 0 unspecified atom stereocenters. The summed E-state index contributed by atoms with van der Waals surface area (Å²) in [4.78, 5) is 40.7. The third-order valence-electron chi connectivity index (χ3n) is 5.82. The number of rotatable bonds is 7. The van der Waals surface area contributed by atoms with Crippen LogP contribution >= 0.6 is 0 Å². The van der Waals surface area contributed by atoms with Crippen LogP contribution in [0.5, 0.6) is 0 Å². The van der Waals surface area contributed by atoms with Gasteiger partial charge in [0.15, 0.2) is 0 Å². The molecular formula is C24H27N3O3. The van der Waals surface area contributed by atoms with E-state index in [9.17, 15) is 14.4 Å². The molecule has 2 aromatic carbocycles. The summed E-state index contributed by atoms with van der Waals surface area (Å²) in [6.45, 7) is 3.87. The second-order valence-electron chi connectivity index (χ2n) is 8.01.